The molecule has 6 heteroatoms. The van der Waals surface area contributed by atoms with Gasteiger partial charge in [0, 0.05) is 57.1 Å². The number of aryl methyl sites for hydroxylation is 1. The van der Waals surface area contributed by atoms with Crippen molar-refractivity contribution in [1.82, 2.24) is 19.7 Å². The maximum absolute atomic E-state index is 13.1. The predicted molar refractivity (Wildman–Crippen MR) is 112 cm³/mol. The lowest BCUT2D eigenvalue weighted by Gasteiger charge is -2.42. The minimum Gasteiger partial charge on any atom is -0.342 e. The summed E-state index contributed by atoms with van der Waals surface area (Å²) in [6.07, 6.45) is 8.14. The van der Waals surface area contributed by atoms with E-state index in [9.17, 15) is 9.59 Å². The molecule has 1 saturated carbocycles. The summed E-state index contributed by atoms with van der Waals surface area (Å²) >= 11 is 0. The Balaban J connectivity index is 1.28. The first-order valence-electron chi connectivity index (χ1n) is 11.2. The van der Waals surface area contributed by atoms with E-state index in [4.69, 9.17) is 0 Å². The predicted octanol–water partition coefficient (Wildman–Crippen LogP) is 2.46. The van der Waals surface area contributed by atoms with E-state index >= 15 is 0 Å². The van der Waals surface area contributed by atoms with Crippen molar-refractivity contribution in [1.29, 1.82) is 0 Å². The molecule has 0 spiro atoms. The van der Waals surface area contributed by atoms with Crippen molar-refractivity contribution in [2.24, 2.45) is 11.8 Å². The lowest BCUT2D eigenvalue weighted by molar-refractivity contribution is -0.137. The summed E-state index contributed by atoms with van der Waals surface area (Å²) in [6.45, 7) is 6.33. The molecule has 0 unspecified atom stereocenters. The van der Waals surface area contributed by atoms with Crippen LogP contribution in [0.2, 0.25) is 0 Å². The molecule has 0 aromatic carbocycles. The van der Waals surface area contributed by atoms with Crippen LogP contribution in [-0.4, -0.2) is 70.8 Å². The van der Waals surface area contributed by atoms with Crippen molar-refractivity contribution < 1.29 is 9.59 Å². The number of aromatic nitrogens is 1. The van der Waals surface area contributed by atoms with Crippen molar-refractivity contribution in [3.63, 3.8) is 0 Å². The molecule has 158 valence electrons. The molecule has 3 fully saturated rings. The van der Waals surface area contributed by atoms with E-state index in [2.05, 4.69) is 14.8 Å². The highest BCUT2D eigenvalue weighted by Crippen LogP contribution is 2.33. The van der Waals surface area contributed by atoms with Crippen LogP contribution in [0.1, 0.15) is 49.8 Å². The molecule has 1 aromatic heterocycles. The average Bonchev–Trinajstić information content (AvgIpc) is 3.58. The largest absolute Gasteiger partial charge is 0.342 e. The molecule has 2 saturated heterocycles. The number of carbonyl (C=O) groups excluding carboxylic acids is 2. The third-order valence-corrected chi connectivity index (χ3v) is 6.78. The highest BCUT2D eigenvalue weighted by atomic mass is 16.2. The molecule has 2 amide bonds. The zero-order valence-corrected chi connectivity index (χ0v) is 17.8. The lowest BCUT2D eigenvalue weighted by Crippen LogP contribution is -2.51. The molecule has 0 radical (unpaired) electrons. The van der Waals surface area contributed by atoms with E-state index in [1.54, 1.807) is 0 Å². The molecule has 2 aliphatic heterocycles. The maximum atomic E-state index is 13.1. The van der Waals surface area contributed by atoms with E-state index in [0.717, 1.165) is 76.0 Å². The Labute approximate surface area is 174 Å². The molecular formula is C23H34N4O2. The number of hydrogen-bond acceptors (Lipinski definition) is 4. The number of pyridine rings is 1. The number of piperidine rings is 2. The Morgan fingerprint density at radius 1 is 1.10 bits per heavy atom. The van der Waals surface area contributed by atoms with Crippen molar-refractivity contribution >= 4 is 11.8 Å². The highest BCUT2D eigenvalue weighted by molar-refractivity contribution is 5.81. The minimum absolute atomic E-state index is 0.0859. The molecule has 0 bridgehead atoms. The Morgan fingerprint density at radius 3 is 2.55 bits per heavy atom. The summed E-state index contributed by atoms with van der Waals surface area (Å²) in [5.74, 6) is 1.04. The van der Waals surface area contributed by atoms with Gasteiger partial charge in [-0.05, 0) is 69.7 Å². The van der Waals surface area contributed by atoms with E-state index in [1.807, 2.05) is 37.2 Å². The van der Waals surface area contributed by atoms with E-state index in [1.165, 1.54) is 0 Å². The van der Waals surface area contributed by atoms with Gasteiger partial charge in [-0.15, -0.1) is 0 Å². The Kier molecular flexibility index (Phi) is 6.18. The Hall–Kier alpha value is -1.95. The van der Waals surface area contributed by atoms with Crippen molar-refractivity contribution in [3.05, 3.63) is 29.6 Å². The molecule has 6 nitrogen and oxygen atoms in total. The number of nitrogens with zero attached hydrogens (tertiary/aromatic N) is 4. The summed E-state index contributed by atoms with van der Waals surface area (Å²) in [7, 11) is 1.92. The molecule has 1 aromatic rings. The fourth-order valence-corrected chi connectivity index (χ4v) is 4.95. The number of amides is 2. The normalized spacial score (nSPS) is 23.8. The van der Waals surface area contributed by atoms with E-state index < -0.39 is 0 Å². The van der Waals surface area contributed by atoms with Gasteiger partial charge in [-0.3, -0.25) is 19.5 Å². The first-order valence-corrected chi connectivity index (χ1v) is 11.2. The fraction of sp³-hybridized carbons (Fsp3) is 0.696. The van der Waals surface area contributed by atoms with Gasteiger partial charge in [0.25, 0.3) is 0 Å². The Morgan fingerprint density at radius 2 is 1.86 bits per heavy atom. The SMILES string of the molecule is Cc1cc(CN(C)C(=O)[C@H]2CCCN(C3CCN(C(=O)C4CC4)CC3)C2)ccn1. The zero-order valence-electron chi connectivity index (χ0n) is 17.8. The summed E-state index contributed by atoms with van der Waals surface area (Å²) in [4.78, 5) is 36.1. The summed E-state index contributed by atoms with van der Waals surface area (Å²) in [5.41, 5.74) is 2.12. The number of likely N-dealkylation sites (tertiary alicyclic amines) is 2. The second-order valence-corrected chi connectivity index (χ2v) is 9.16. The second kappa shape index (κ2) is 8.82. The van der Waals surface area contributed by atoms with Gasteiger partial charge < -0.3 is 9.80 Å². The molecule has 1 aliphatic carbocycles. The van der Waals surface area contributed by atoms with Crippen LogP contribution in [0, 0.1) is 18.8 Å². The van der Waals surface area contributed by atoms with Crippen LogP contribution in [0.5, 0.6) is 0 Å². The minimum atomic E-state index is 0.0859. The fourth-order valence-electron chi connectivity index (χ4n) is 4.95. The lowest BCUT2D eigenvalue weighted by atomic mass is 9.92. The first-order chi connectivity index (χ1) is 14.0. The third kappa shape index (κ3) is 4.97. The van der Waals surface area contributed by atoms with Gasteiger partial charge >= 0.3 is 0 Å². The van der Waals surface area contributed by atoms with Crippen molar-refractivity contribution in [2.45, 2.75) is 58.0 Å². The quantitative estimate of drug-likeness (QED) is 0.765. The van der Waals surface area contributed by atoms with E-state index in [0.29, 0.717) is 24.4 Å². The smallest absolute Gasteiger partial charge is 0.227 e. The average molecular weight is 399 g/mol. The van der Waals surface area contributed by atoms with Crippen LogP contribution < -0.4 is 0 Å². The standard InChI is InChI=1S/C23H34N4O2/c1-17-14-18(7-10-24-17)15-25(2)22(28)20-4-3-11-27(16-20)21-8-12-26(13-9-21)23(29)19-5-6-19/h7,10,14,19-21H,3-6,8-9,11-13,15-16H2,1-2H3/t20-/m0/s1. The first kappa shape index (κ1) is 20.3. The van der Waals surface area contributed by atoms with Gasteiger partial charge in [0.05, 0.1) is 5.92 Å². The monoisotopic (exact) mass is 398 g/mol. The van der Waals surface area contributed by atoms with Crippen molar-refractivity contribution in [2.75, 3.05) is 33.2 Å². The summed E-state index contributed by atoms with van der Waals surface area (Å²) in [5, 5.41) is 0. The number of rotatable bonds is 5. The van der Waals surface area contributed by atoms with Crippen LogP contribution in [0.4, 0.5) is 0 Å². The van der Waals surface area contributed by atoms with Crippen LogP contribution in [0.15, 0.2) is 18.3 Å². The van der Waals surface area contributed by atoms with Gasteiger partial charge in [-0.1, -0.05) is 0 Å². The van der Waals surface area contributed by atoms with Gasteiger partial charge in [0.1, 0.15) is 0 Å². The molecular weight excluding hydrogens is 364 g/mol. The molecule has 3 heterocycles. The van der Waals surface area contributed by atoms with E-state index in [-0.39, 0.29) is 11.8 Å². The van der Waals surface area contributed by atoms with Gasteiger partial charge in [0.15, 0.2) is 0 Å². The highest BCUT2D eigenvalue weighted by Gasteiger charge is 2.37. The van der Waals surface area contributed by atoms with Crippen LogP contribution in [0.3, 0.4) is 0 Å². The van der Waals surface area contributed by atoms with Gasteiger partial charge in [-0.2, -0.15) is 0 Å². The van der Waals surface area contributed by atoms with Gasteiger partial charge in [0.2, 0.25) is 11.8 Å². The zero-order chi connectivity index (χ0) is 20.4. The molecule has 29 heavy (non-hydrogen) atoms. The molecule has 3 aliphatic rings. The van der Waals surface area contributed by atoms with Crippen LogP contribution in [0.25, 0.3) is 0 Å². The number of hydrogen-bond donors (Lipinski definition) is 0. The summed E-state index contributed by atoms with van der Waals surface area (Å²) < 4.78 is 0. The molecule has 1 atom stereocenters. The number of carbonyl (C=O) groups is 2. The molecule has 0 N–H and O–H groups in total. The van der Waals surface area contributed by atoms with Gasteiger partial charge in [-0.25, -0.2) is 0 Å². The third-order valence-electron chi connectivity index (χ3n) is 6.78. The Bertz CT molecular complexity index is 740. The van der Waals surface area contributed by atoms with Crippen molar-refractivity contribution in [3.8, 4) is 0 Å². The van der Waals surface area contributed by atoms with Crippen LogP contribution in [-0.2, 0) is 16.1 Å². The maximum Gasteiger partial charge on any atom is 0.227 e. The second-order valence-electron chi connectivity index (χ2n) is 9.16. The summed E-state index contributed by atoms with van der Waals surface area (Å²) in [6, 6.07) is 4.55. The topological polar surface area (TPSA) is 56.8 Å². The molecule has 4 rings (SSSR count). The van der Waals surface area contributed by atoms with Crippen LogP contribution >= 0.6 is 0 Å².